The lowest BCUT2D eigenvalue weighted by Gasteiger charge is -2.12. The van der Waals surface area contributed by atoms with Gasteiger partial charge in [-0.05, 0) is 42.7 Å². The molecule has 0 spiro atoms. The summed E-state index contributed by atoms with van der Waals surface area (Å²) in [5, 5.41) is 0. The number of rotatable bonds is 1. The van der Waals surface area contributed by atoms with Crippen LogP contribution in [0.1, 0.15) is 16.8 Å². The fraction of sp³-hybridized carbons (Fsp3) is 0.267. The maximum atomic E-state index is 12.7. The molecule has 1 aliphatic heterocycles. The smallest absolute Gasteiger partial charge is 0.418 e. The fourth-order valence-corrected chi connectivity index (χ4v) is 2.25. The first-order valence-corrected chi connectivity index (χ1v) is 6.38. The number of hydrogen-bond acceptors (Lipinski definition) is 3. The van der Waals surface area contributed by atoms with Gasteiger partial charge in [0.25, 0.3) is 0 Å². The molecule has 0 bridgehead atoms. The van der Waals surface area contributed by atoms with Crippen LogP contribution in [0.4, 0.5) is 13.2 Å². The molecule has 2 heterocycles. The average molecular weight is 295 g/mol. The molecule has 1 aromatic heterocycles. The van der Waals surface area contributed by atoms with E-state index in [0.717, 1.165) is 17.8 Å². The first kappa shape index (κ1) is 13.7. The minimum absolute atomic E-state index is 0.161. The number of ether oxygens (including phenoxy) is 2. The molecule has 0 N–H and O–H groups in total. The molecule has 110 valence electrons. The Balaban J connectivity index is 2.01. The molecule has 0 unspecified atom stereocenters. The van der Waals surface area contributed by atoms with Crippen molar-refractivity contribution < 1.29 is 22.6 Å². The number of halogens is 3. The number of alkyl halides is 3. The molecule has 6 heteroatoms. The van der Waals surface area contributed by atoms with E-state index in [1.54, 1.807) is 19.2 Å². The standard InChI is InChI=1S/C15H12F3NO2/c1-20-11-3-5-13-9(6-11)2-4-12-14(21-13)7-10(8-19-12)15(16,17)18/h3,5-8H,2,4H2,1H3. The van der Waals surface area contributed by atoms with Gasteiger partial charge in [0.05, 0.1) is 18.4 Å². The lowest BCUT2D eigenvalue weighted by Crippen LogP contribution is -2.07. The van der Waals surface area contributed by atoms with E-state index in [9.17, 15) is 13.2 Å². The Morgan fingerprint density at radius 2 is 1.95 bits per heavy atom. The van der Waals surface area contributed by atoms with Gasteiger partial charge in [-0.15, -0.1) is 0 Å². The van der Waals surface area contributed by atoms with Crippen molar-refractivity contribution >= 4 is 0 Å². The SMILES string of the molecule is COc1ccc2c(c1)CCc1ncc(C(F)(F)F)cc1O2. The minimum Gasteiger partial charge on any atom is -0.497 e. The maximum absolute atomic E-state index is 12.7. The van der Waals surface area contributed by atoms with Gasteiger partial charge in [0.2, 0.25) is 0 Å². The first-order chi connectivity index (χ1) is 9.97. The average Bonchev–Trinajstić information content (AvgIpc) is 2.63. The quantitative estimate of drug-likeness (QED) is 0.797. The van der Waals surface area contributed by atoms with Crippen molar-refractivity contribution in [1.29, 1.82) is 0 Å². The van der Waals surface area contributed by atoms with E-state index in [2.05, 4.69) is 4.98 Å². The van der Waals surface area contributed by atoms with E-state index in [1.165, 1.54) is 0 Å². The van der Waals surface area contributed by atoms with E-state index in [4.69, 9.17) is 9.47 Å². The Kier molecular flexibility index (Phi) is 3.23. The van der Waals surface area contributed by atoms with Gasteiger partial charge in [-0.1, -0.05) is 0 Å². The molecule has 21 heavy (non-hydrogen) atoms. The summed E-state index contributed by atoms with van der Waals surface area (Å²) in [7, 11) is 1.56. The summed E-state index contributed by atoms with van der Waals surface area (Å²) >= 11 is 0. The summed E-state index contributed by atoms with van der Waals surface area (Å²) in [5.74, 6) is 1.39. The number of nitrogens with zero attached hydrogens (tertiary/aromatic N) is 1. The van der Waals surface area contributed by atoms with Crippen molar-refractivity contribution in [1.82, 2.24) is 4.98 Å². The Labute approximate surface area is 119 Å². The van der Waals surface area contributed by atoms with Gasteiger partial charge in [-0.2, -0.15) is 13.2 Å². The summed E-state index contributed by atoms with van der Waals surface area (Å²) in [5.41, 5.74) is 0.609. The van der Waals surface area contributed by atoms with Gasteiger partial charge in [0, 0.05) is 6.20 Å². The summed E-state index contributed by atoms with van der Waals surface area (Å²) in [6, 6.07) is 6.24. The highest BCUT2D eigenvalue weighted by molar-refractivity contribution is 5.47. The molecule has 0 fully saturated rings. The second-order valence-corrected chi connectivity index (χ2v) is 4.74. The molecule has 0 saturated carbocycles. The van der Waals surface area contributed by atoms with Crippen LogP contribution in [0, 0.1) is 0 Å². The monoisotopic (exact) mass is 295 g/mol. The van der Waals surface area contributed by atoms with Crippen molar-refractivity contribution in [2.45, 2.75) is 19.0 Å². The second-order valence-electron chi connectivity index (χ2n) is 4.74. The molecule has 0 amide bonds. The maximum Gasteiger partial charge on any atom is 0.418 e. The van der Waals surface area contributed by atoms with Gasteiger partial charge in [0.15, 0.2) is 0 Å². The minimum atomic E-state index is -4.43. The second kappa shape index (κ2) is 4.95. The molecule has 1 aromatic carbocycles. The van der Waals surface area contributed by atoms with E-state index in [1.807, 2.05) is 6.07 Å². The third-order valence-electron chi connectivity index (χ3n) is 3.38. The van der Waals surface area contributed by atoms with Gasteiger partial charge in [-0.3, -0.25) is 4.98 Å². The predicted molar refractivity (Wildman–Crippen MR) is 69.7 cm³/mol. The van der Waals surface area contributed by atoms with Crippen molar-refractivity contribution in [3.8, 4) is 17.2 Å². The molecule has 0 saturated heterocycles. The highest BCUT2D eigenvalue weighted by atomic mass is 19.4. The van der Waals surface area contributed by atoms with E-state index < -0.39 is 11.7 Å². The Bertz CT molecular complexity index is 683. The number of fused-ring (bicyclic) bond motifs is 2. The number of aryl methyl sites for hydroxylation is 2. The molecule has 0 atom stereocenters. The molecule has 0 radical (unpaired) electrons. The molecule has 3 nitrogen and oxygen atoms in total. The van der Waals surface area contributed by atoms with Crippen LogP contribution in [-0.2, 0) is 19.0 Å². The van der Waals surface area contributed by atoms with Crippen LogP contribution in [0.15, 0.2) is 30.5 Å². The Hall–Kier alpha value is -2.24. The topological polar surface area (TPSA) is 31.4 Å². The zero-order valence-corrected chi connectivity index (χ0v) is 11.2. The summed E-state index contributed by atoms with van der Waals surface area (Å²) in [4.78, 5) is 3.90. The molecule has 1 aliphatic rings. The van der Waals surface area contributed by atoms with Crippen LogP contribution in [0.5, 0.6) is 17.2 Å². The van der Waals surface area contributed by atoms with Gasteiger partial charge in [0.1, 0.15) is 17.2 Å². The summed E-state index contributed by atoms with van der Waals surface area (Å²) < 4.78 is 49.0. The number of benzene rings is 1. The van der Waals surface area contributed by atoms with Crippen LogP contribution >= 0.6 is 0 Å². The number of pyridine rings is 1. The zero-order chi connectivity index (χ0) is 15.0. The van der Waals surface area contributed by atoms with Crippen molar-refractivity contribution in [2.24, 2.45) is 0 Å². The lowest BCUT2D eigenvalue weighted by molar-refractivity contribution is -0.137. The first-order valence-electron chi connectivity index (χ1n) is 6.38. The lowest BCUT2D eigenvalue weighted by atomic mass is 10.1. The largest absolute Gasteiger partial charge is 0.497 e. The van der Waals surface area contributed by atoms with Crippen LogP contribution in [0.2, 0.25) is 0 Å². The highest BCUT2D eigenvalue weighted by Crippen LogP contribution is 2.38. The van der Waals surface area contributed by atoms with E-state index >= 15 is 0 Å². The molecular weight excluding hydrogens is 283 g/mol. The van der Waals surface area contributed by atoms with Gasteiger partial charge < -0.3 is 9.47 Å². The molecule has 0 aliphatic carbocycles. The van der Waals surface area contributed by atoms with Crippen molar-refractivity contribution in [3.05, 3.63) is 47.3 Å². The van der Waals surface area contributed by atoms with Gasteiger partial charge in [-0.25, -0.2) is 0 Å². The van der Waals surface area contributed by atoms with Crippen molar-refractivity contribution in [3.63, 3.8) is 0 Å². The summed E-state index contributed by atoms with van der Waals surface area (Å²) in [6.45, 7) is 0. The Morgan fingerprint density at radius 1 is 1.14 bits per heavy atom. The van der Waals surface area contributed by atoms with Crippen LogP contribution in [0.25, 0.3) is 0 Å². The predicted octanol–water partition coefficient (Wildman–Crippen LogP) is 4.00. The highest BCUT2D eigenvalue weighted by Gasteiger charge is 2.32. The molecule has 3 rings (SSSR count). The summed E-state index contributed by atoms with van der Waals surface area (Å²) in [6.07, 6.45) is -2.43. The zero-order valence-electron chi connectivity index (χ0n) is 11.2. The normalized spacial score (nSPS) is 13.7. The number of hydrogen-bond donors (Lipinski definition) is 0. The Morgan fingerprint density at radius 3 is 2.67 bits per heavy atom. The third kappa shape index (κ3) is 2.66. The van der Waals surface area contributed by atoms with E-state index in [0.29, 0.717) is 30.0 Å². The van der Waals surface area contributed by atoms with Crippen LogP contribution < -0.4 is 9.47 Å². The van der Waals surface area contributed by atoms with E-state index in [-0.39, 0.29) is 5.75 Å². The van der Waals surface area contributed by atoms with Crippen LogP contribution in [0.3, 0.4) is 0 Å². The molecular formula is C15H12F3NO2. The van der Waals surface area contributed by atoms with Crippen LogP contribution in [-0.4, -0.2) is 12.1 Å². The fourth-order valence-electron chi connectivity index (χ4n) is 2.25. The number of methoxy groups -OCH3 is 1. The molecule has 2 aromatic rings. The third-order valence-corrected chi connectivity index (χ3v) is 3.38. The number of aromatic nitrogens is 1. The van der Waals surface area contributed by atoms with Gasteiger partial charge >= 0.3 is 6.18 Å². The van der Waals surface area contributed by atoms with Crippen molar-refractivity contribution in [2.75, 3.05) is 7.11 Å².